The highest BCUT2D eigenvalue weighted by Gasteiger charge is 2.30. The molecule has 0 bridgehead atoms. The van der Waals surface area contributed by atoms with E-state index in [2.05, 4.69) is 39.8 Å². The number of aromatic nitrogens is 4. The Labute approximate surface area is 192 Å². The maximum absolute atomic E-state index is 9.60. The molecule has 3 aliphatic carbocycles. The highest BCUT2D eigenvalue weighted by Crippen LogP contribution is 2.38. The second-order valence-corrected chi connectivity index (χ2v) is 10.8. The standard InChI is InChI=1S/C26H38N6/c1-17-11-13-19(14-12-17)16-32-23-24(28-18(2)20-9-6-10-20)29-22(15-27)30-25(23)31-26(32)21-7-4-3-5-8-21/h17-21H,3-14,16H2,1-2H3,(H,28,29,30)/t17?,18-,19?/m1/s1. The number of nitrogens with zero attached hydrogens (tertiary/aromatic N) is 5. The summed E-state index contributed by atoms with van der Waals surface area (Å²) in [5.41, 5.74) is 1.75. The van der Waals surface area contributed by atoms with Crippen molar-refractivity contribution in [1.29, 1.82) is 5.26 Å². The lowest BCUT2D eigenvalue weighted by Gasteiger charge is -2.32. The van der Waals surface area contributed by atoms with Crippen LogP contribution in [0.5, 0.6) is 0 Å². The summed E-state index contributed by atoms with van der Waals surface area (Å²) in [6.07, 6.45) is 15.5. The normalized spacial score (nSPS) is 25.9. The van der Waals surface area contributed by atoms with Gasteiger partial charge in [-0.25, -0.2) is 4.98 Å². The van der Waals surface area contributed by atoms with Crippen molar-refractivity contribution >= 4 is 17.0 Å². The SMILES string of the molecule is CC1CCC(Cn2c(C3CCCCC3)nc3nc(C#N)nc(N[C@H](C)C4CCC4)c32)CC1. The van der Waals surface area contributed by atoms with Crippen molar-refractivity contribution in [1.82, 2.24) is 19.5 Å². The Balaban J connectivity index is 1.56. The van der Waals surface area contributed by atoms with E-state index in [4.69, 9.17) is 4.98 Å². The number of hydrogen-bond donors (Lipinski definition) is 1. The van der Waals surface area contributed by atoms with E-state index >= 15 is 0 Å². The molecule has 6 heteroatoms. The summed E-state index contributed by atoms with van der Waals surface area (Å²) in [5, 5.41) is 13.3. The van der Waals surface area contributed by atoms with Gasteiger partial charge in [-0.15, -0.1) is 0 Å². The lowest BCUT2D eigenvalue weighted by molar-refractivity contribution is 0.262. The highest BCUT2D eigenvalue weighted by atomic mass is 15.2. The van der Waals surface area contributed by atoms with Gasteiger partial charge in [-0.3, -0.25) is 0 Å². The molecule has 172 valence electrons. The summed E-state index contributed by atoms with van der Waals surface area (Å²) >= 11 is 0. The van der Waals surface area contributed by atoms with E-state index in [1.54, 1.807) is 0 Å². The van der Waals surface area contributed by atoms with Crippen LogP contribution in [0.25, 0.3) is 11.2 Å². The van der Waals surface area contributed by atoms with Gasteiger partial charge >= 0.3 is 0 Å². The molecule has 3 aliphatic rings. The lowest BCUT2D eigenvalue weighted by atomic mass is 9.80. The Morgan fingerprint density at radius 3 is 2.38 bits per heavy atom. The molecule has 0 unspecified atom stereocenters. The van der Waals surface area contributed by atoms with Crippen molar-refractivity contribution in [2.24, 2.45) is 17.8 Å². The van der Waals surface area contributed by atoms with Gasteiger partial charge in [-0.05, 0) is 63.2 Å². The molecule has 2 aromatic heterocycles. The molecule has 1 N–H and O–H groups in total. The van der Waals surface area contributed by atoms with E-state index < -0.39 is 0 Å². The van der Waals surface area contributed by atoms with Gasteiger partial charge in [0, 0.05) is 18.5 Å². The molecule has 6 nitrogen and oxygen atoms in total. The van der Waals surface area contributed by atoms with Gasteiger partial charge in [0.25, 0.3) is 0 Å². The molecule has 0 saturated heterocycles. The number of nitriles is 1. The van der Waals surface area contributed by atoms with Crippen LogP contribution in [0, 0.1) is 29.1 Å². The topological polar surface area (TPSA) is 79.4 Å². The van der Waals surface area contributed by atoms with Crippen LogP contribution < -0.4 is 5.32 Å². The van der Waals surface area contributed by atoms with Gasteiger partial charge in [-0.2, -0.15) is 15.2 Å². The molecule has 2 heterocycles. The molecule has 0 aliphatic heterocycles. The van der Waals surface area contributed by atoms with Gasteiger partial charge in [-0.1, -0.05) is 45.4 Å². The number of imidazole rings is 1. The second kappa shape index (κ2) is 9.37. The van der Waals surface area contributed by atoms with E-state index in [1.165, 1.54) is 82.9 Å². The fourth-order valence-electron chi connectivity index (χ4n) is 6.10. The van der Waals surface area contributed by atoms with Crippen LogP contribution in [0.4, 0.5) is 5.82 Å². The van der Waals surface area contributed by atoms with Crippen molar-refractivity contribution in [3.05, 3.63) is 11.6 Å². The first-order valence-corrected chi connectivity index (χ1v) is 13.1. The van der Waals surface area contributed by atoms with Crippen LogP contribution >= 0.6 is 0 Å². The molecule has 5 rings (SSSR count). The van der Waals surface area contributed by atoms with Crippen LogP contribution in [0.1, 0.15) is 108 Å². The molecule has 32 heavy (non-hydrogen) atoms. The highest BCUT2D eigenvalue weighted by molar-refractivity contribution is 5.84. The van der Waals surface area contributed by atoms with Crippen LogP contribution in [0.15, 0.2) is 0 Å². The summed E-state index contributed by atoms with van der Waals surface area (Å²) in [4.78, 5) is 14.4. The van der Waals surface area contributed by atoms with Crippen LogP contribution in [0.2, 0.25) is 0 Å². The van der Waals surface area contributed by atoms with Gasteiger partial charge in [0.05, 0.1) is 0 Å². The fraction of sp³-hybridized carbons (Fsp3) is 0.769. The average Bonchev–Trinajstić information content (AvgIpc) is 3.13. The number of rotatable bonds is 6. The summed E-state index contributed by atoms with van der Waals surface area (Å²) in [7, 11) is 0. The van der Waals surface area contributed by atoms with Crippen LogP contribution in [-0.2, 0) is 6.54 Å². The molecule has 1 atom stereocenters. The largest absolute Gasteiger partial charge is 0.365 e. The second-order valence-electron chi connectivity index (χ2n) is 10.8. The van der Waals surface area contributed by atoms with E-state index in [9.17, 15) is 5.26 Å². The number of fused-ring (bicyclic) bond motifs is 1. The Bertz CT molecular complexity index is 970. The number of nitrogens with one attached hydrogen (secondary N) is 1. The summed E-state index contributed by atoms with van der Waals surface area (Å²) in [5.74, 6) is 4.99. The molecule has 3 fully saturated rings. The third-order valence-electron chi connectivity index (χ3n) is 8.50. The minimum atomic E-state index is 0.229. The van der Waals surface area contributed by atoms with Crippen LogP contribution in [0.3, 0.4) is 0 Å². The maximum atomic E-state index is 9.60. The van der Waals surface area contributed by atoms with Gasteiger partial charge in [0.15, 0.2) is 11.5 Å². The molecule has 0 amide bonds. The first-order valence-electron chi connectivity index (χ1n) is 13.1. The molecule has 0 spiro atoms. The summed E-state index contributed by atoms with van der Waals surface area (Å²) in [6, 6.07) is 2.53. The summed E-state index contributed by atoms with van der Waals surface area (Å²) in [6.45, 7) is 5.66. The van der Waals surface area contributed by atoms with Crippen LogP contribution in [-0.4, -0.2) is 25.6 Å². The Morgan fingerprint density at radius 2 is 1.72 bits per heavy atom. The predicted molar refractivity (Wildman–Crippen MR) is 127 cm³/mol. The fourth-order valence-corrected chi connectivity index (χ4v) is 6.10. The monoisotopic (exact) mass is 434 g/mol. The Hall–Kier alpha value is -2.16. The van der Waals surface area contributed by atoms with Crippen molar-refractivity contribution in [2.75, 3.05) is 5.32 Å². The molecular weight excluding hydrogens is 396 g/mol. The third kappa shape index (κ3) is 4.36. The lowest BCUT2D eigenvalue weighted by Crippen LogP contribution is -2.31. The zero-order valence-electron chi connectivity index (χ0n) is 19.8. The minimum absolute atomic E-state index is 0.229. The third-order valence-corrected chi connectivity index (χ3v) is 8.50. The van der Waals surface area contributed by atoms with Crippen molar-refractivity contribution in [2.45, 2.75) is 109 Å². The van der Waals surface area contributed by atoms with E-state index in [0.717, 1.165) is 23.8 Å². The number of anilines is 1. The van der Waals surface area contributed by atoms with Gasteiger partial charge in [0.1, 0.15) is 17.4 Å². The molecular formula is C26H38N6. The molecule has 2 aromatic rings. The zero-order valence-corrected chi connectivity index (χ0v) is 19.8. The van der Waals surface area contributed by atoms with E-state index in [1.807, 2.05) is 0 Å². The molecule has 0 radical (unpaired) electrons. The van der Waals surface area contributed by atoms with Crippen molar-refractivity contribution in [3.63, 3.8) is 0 Å². The minimum Gasteiger partial charge on any atom is -0.365 e. The van der Waals surface area contributed by atoms with Gasteiger partial charge < -0.3 is 9.88 Å². The first kappa shape index (κ1) is 21.7. The molecule has 3 saturated carbocycles. The zero-order chi connectivity index (χ0) is 22.1. The Morgan fingerprint density at radius 1 is 0.969 bits per heavy atom. The van der Waals surface area contributed by atoms with Crippen molar-refractivity contribution in [3.8, 4) is 6.07 Å². The van der Waals surface area contributed by atoms with Crippen molar-refractivity contribution < 1.29 is 0 Å². The number of hydrogen-bond acceptors (Lipinski definition) is 5. The Kier molecular flexibility index (Phi) is 6.35. The van der Waals surface area contributed by atoms with Gasteiger partial charge in [0.2, 0.25) is 5.82 Å². The molecule has 0 aromatic carbocycles. The quantitative estimate of drug-likeness (QED) is 0.588. The first-order chi connectivity index (χ1) is 15.6. The smallest absolute Gasteiger partial charge is 0.236 e. The summed E-state index contributed by atoms with van der Waals surface area (Å²) < 4.78 is 2.48. The van der Waals surface area contributed by atoms with E-state index in [-0.39, 0.29) is 5.82 Å². The van der Waals surface area contributed by atoms with E-state index in [0.29, 0.717) is 29.4 Å². The predicted octanol–water partition coefficient (Wildman–Crippen LogP) is 6.17. The average molecular weight is 435 g/mol. The maximum Gasteiger partial charge on any atom is 0.236 e.